The Morgan fingerprint density at radius 2 is 1.67 bits per heavy atom. The van der Waals surface area contributed by atoms with Crippen molar-refractivity contribution in [2.75, 3.05) is 38.2 Å². The minimum Gasteiger partial charge on any atom is -0.496 e. The van der Waals surface area contributed by atoms with Gasteiger partial charge in [0.25, 0.3) is 5.91 Å². The normalized spacial score (nSPS) is 15.4. The predicted molar refractivity (Wildman–Crippen MR) is 141 cm³/mol. The van der Waals surface area contributed by atoms with Crippen LogP contribution in [0.1, 0.15) is 41.3 Å². The minimum absolute atomic E-state index is 0.000856. The number of aromatic nitrogens is 1. The third-order valence-electron chi connectivity index (χ3n) is 6.54. The fourth-order valence-electron chi connectivity index (χ4n) is 4.76. The molecule has 0 bridgehead atoms. The third-order valence-corrected chi connectivity index (χ3v) is 6.54. The van der Waals surface area contributed by atoms with Gasteiger partial charge in [0, 0.05) is 64.3 Å². The molecule has 2 heterocycles. The summed E-state index contributed by atoms with van der Waals surface area (Å²) in [6, 6.07) is 19.3. The standard InChI is InChI=1S/C29H34N4O3/c1-23(34)33-19-9-17-31(21-24-10-7-15-30-20-24)16-8-18-32(22-25-11-3-5-13-27(25)33)29(35)26-12-4-6-14-28(26)36-2/h3-7,10-15,20H,8-9,16-19,21-22H2,1-2H3. The van der Waals surface area contributed by atoms with E-state index in [1.807, 2.05) is 64.5 Å². The number of nitrogens with zero attached hydrogens (tertiary/aromatic N) is 4. The van der Waals surface area contributed by atoms with Gasteiger partial charge in [0.1, 0.15) is 5.75 Å². The molecular weight excluding hydrogens is 452 g/mol. The van der Waals surface area contributed by atoms with Crippen LogP contribution in [0.4, 0.5) is 5.69 Å². The van der Waals surface area contributed by atoms with E-state index in [0.717, 1.165) is 49.3 Å². The maximum absolute atomic E-state index is 13.7. The Kier molecular flexibility index (Phi) is 8.68. The summed E-state index contributed by atoms with van der Waals surface area (Å²) in [4.78, 5) is 36.8. The van der Waals surface area contributed by atoms with E-state index < -0.39 is 0 Å². The quantitative estimate of drug-likeness (QED) is 0.548. The SMILES string of the molecule is COc1ccccc1C(=O)N1CCCN(Cc2cccnc2)CCCN(C(C)=O)c2ccccc2C1. The molecule has 4 rings (SSSR count). The average molecular weight is 487 g/mol. The number of hydrogen-bond donors (Lipinski definition) is 0. The highest BCUT2D eigenvalue weighted by molar-refractivity contribution is 5.97. The van der Waals surface area contributed by atoms with Gasteiger partial charge < -0.3 is 14.5 Å². The van der Waals surface area contributed by atoms with Crippen molar-refractivity contribution in [3.63, 3.8) is 0 Å². The molecule has 0 N–H and O–H groups in total. The summed E-state index contributed by atoms with van der Waals surface area (Å²) in [6.45, 7) is 5.71. The number of para-hydroxylation sites is 2. The summed E-state index contributed by atoms with van der Waals surface area (Å²) in [6.07, 6.45) is 5.37. The molecule has 0 radical (unpaired) electrons. The number of carbonyl (C=O) groups excluding carboxylic acids is 2. The Balaban J connectivity index is 1.65. The van der Waals surface area contributed by atoms with E-state index in [1.165, 1.54) is 0 Å². The van der Waals surface area contributed by atoms with Gasteiger partial charge in [0.2, 0.25) is 5.91 Å². The number of fused-ring (bicyclic) bond motifs is 1. The van der Waals surface area contributed by atoms with Crippen LogP contribution in [-0.2, 0) is 17.9 Å². The number of hydrogen-bond acceptors (Lipinski definition) is 5. The first kappa shape index (κ1) is 25.4. The number of amides is 2. The van der Waals surface area contributed by atoms with E-state index >= 15 is 0 Å². The van der Waals surface area contributed by atoms with E-state index in [4.69, 9.17) is 4.74 Å². The van der Waals surface area contributed by atoms with Crippen molar-refractivity contribution in [3.05, 3.63) is 89.7 Å². The van der Waals surface area contributed by atoms with E-state index in [9.17, 15) is 9.59 Å². The van der Waals surface area contributed by atoms with Gasteiger partial charge in [-0.3, -0.25) is 19.5 Å². The highest BCUT2D eigenvalue weighted by atomic mass is 16.5. The summed E-state index contributed by atoms with van der Waals surface area (Å²) >= 11 is 0. The van der Waals surface area contributed by atoms with Crippen LogP contribution in [0.5, 0.6) is 5.75 Å². The zero-order chi connectivity index (χ0) is 25.3. The van der Waals surface area contributed by atoms with Crippen LogP contribution in [0.15, 0.2) is 73.1 Å². The van der Waals surface area contributed by atoms with Crippen molar-refractivity contribution in [1.29, 1.82) is 0 Å². The molecule has 1 aromatic heterocycles. The van der Waals surface area contributed by atoms with Gasteiger partial charge in [-0.1, -0.05) is 36.4 Å². The van der Waals surface area contributed by atoms with Gasteiger partial charge in [0.05, 0.1) is 12.7 Å². The first-order chi connectivity index (χ1) is 17.6. The summed E-state index contributed by atoms with van der Waals surface area (Å²) in [7, 11) is 1.58. The summed E-state index contributed by atoms with van der Waals surface area (Å²) < 4.78 is 5.48. The van der Waals surface area contributed by atoms with Crippen molar-refractivity contribution in [3.8, 4) is 5.75 Å². The lowest BCUT2D eigenvalue weighted by molar-refractivity contribution is -0.116. The van der Waals surface area contributed by atoms with Gasteiger partial charge >= 0.3 is 0 Å². The van der Waals surface area contributed by atoms with Crippen LogP contribution in [0.3, 0.4) is 0 Å². The summed E-state index contributed by atoms with van der Waals surface area (Å²) in [5.74, 6) is 0.485. The fourth-order valence-corrected chi connectivity index (χ4v) is 4.76. The second-order valence-electron chi connectivity index (χ2n) is 9.07. The first-order valence-corrected chi connectivity index (χ1v) is 12.5. The van der Waals surface area contributed by atoms with Crippen LogP contribution in [0, 0.1) is 0 Å². The van der Waals surface area contributed by atoms with Crippen LogP contribution in [-0.4, -0.2) is 59.9 Å². The van der Waals surface area contributed by atoms with Crippen LogP contribution >= 0.6 is 0 Å². The number of anilines is 1. The monoisotopic (exact) mass is 486 g/mol. The maximum Gasteiger partial charge on any atom is 0.257 e. The second-order valence-corrected chi connectivity index (χ2v) is 9.07. The predicted octanol–water partition coefficient (Wildman–Crippen LogP) is 4.38. The first-order valence-electron chi connectivity index (χ1n) is 12.5. The van der Waals surface area contributed by atoms with Crippen LogP contribution < -0.4 is 9.64 Å². The topological polar surface area (TPSA) is 66.0 Å². The lowest BCUT2D eigenvalue weighted by Crippen LogP contribution is -2.38. The molecule has 7 nitrogen and oxygen atoms in total. The van der Waals surface area contributed by atoms with E-state index in [0.29, 0.717) is 30.9 Å². The Bertz CT molecular complexity index is 1170. The molecule has 188 valence electrons. The molecule has 0 unspecified atom stereocenters. The van der Waals surface area contributed by atoms with Crippen LogP contribution in [0.2, 0.25) is 0 Å². The van der Waals surface area contributed by atoms with E-state index in [1.54, 1.807) is 26.3 Å². The van der Waals surface area contributed by atoms with Gasteiger partial charge in [-0.15, -0.1) is 0 Å². The van der Waals surface area contributed by atoms with Gasteiger partial charge in [0.15, 0.2) is 0 Å². The Labute approximate surface area is 213 Å². The lowest BCUT2D eigenvalue weighted by Gasteiger charge is -2.31. The van der Waals surface area contributed by atoms with Gasteiger partial charge in [-0.2, -0.15) is 0 Å². The molecule has 0 spiro atoms. The zero-order valence-electron chi connectivity index (χ0n) is 21.1. The van der Waals surface area contributed by atoms with Crippen molar-refractivity contribution >= 4 is 17.5 Å². The van der Waals surface area contributed by atoms with Crippen molar-refractivity contribution < 1.29 is 14.3 Å². The highest BCUT2D eigenvalue weighted by Gasteiger charge is 2.23. The molecule has 0 saturated carbocycles. The molecule has 1 aliphatic rings. The molecule has 3 aromatic rings. The van der Waals surface area contributed by atoms with Crippen molar-refractivity contribution in [2.45, 2.75) is 32.9 Å². The lowest BCUT2D eigenvalue weighted by atomic mass is 10.1. The number of carbonyl (C=O) groups is 2. The zero-order valence-corrected chi connectivity index (χ0v) is 21.1. The molecule has 36 heavy (non-hydrogen) atoms. The largest absolute Gasteiger partial charge is 0.496 e. The second kappa shape index (κ2) is 12.3. The summed E-state index contributed by atoms with van der Waals surface area (Å²) in [5, 5.41) is 0. The van der Waals surface area contributed by atoms with Crippen LogP contribution in [0.25, 0.3) is 0 Å². The number of benzene rings is 2. The molecule has 1 aliphatic heterocycles. The van der Waals surface area contributed by atoms with E-state index in [-0.39, 0.29) is 11.8 Å². The smallest absolute Gasteiger partial charge is 0.257 e. The Morgan fingerprint density at radius 1 is 0.917 bits per heavy atom. The number of rotatable bonds is 4. The minimum atomic E-state index is -0.0764. The Hall–Kier alpha value is -3.71. The molecular formula is C29H34N4O3. The van der Waals surface area contributed by atoms with Gasteiger partial charge in [-0.25, -0.2) is 0 Å². The van der Waals surface area contributed by atoms with E-state index in [2.05, 4.69) is 16.0 Å². The maximum atomic E-state index is 13.7. The number of pyridine rings is 1. The fraction of sp³-hybridized carbons (Fsp3) is 0.345. The molecule has 0 aliphatic carbocycles. The number of methoxy groups -OCH3 is 1. The van der Waals surface area contributed by atoms with Crippen molar-refractivity contribution in [2.24, 2.45) is 0 Å². The highest BCUT2D eigenvalue weighted by Crippen LogP contribution is 2.26. The van der Waals surface area contributed by atoms with Gasteiger partial charge in [-0.05, 0) is 48.2 Å². The molecule has 0 saturated heterocycles. The molecule has 0 fully saturated rings. The molecule has 0 atom stereocenters. The molecule has 7 heteroatoms. The third kappa shape index (κ3) is 6.29. The van der Waals surface area contributed by atoms with Crippen molar-refractivity contribution in [1.82, 2.24) is 14.8 Å². The number of ether oxygens (including phenoxy) is 1. The molecule has 2 amide bonds. The summed E-state index contributed by atoms with van der Waals surface area (Å²) in [5.41, 5.74) is 3.52. The Morgan fingerprint density at radius 3 is 2.42 bits per heavy atom. The average Bonchev–Trinajstić information content (AvgIpc) is 2.90. The molecule has 2 aromatic carbocycles.